The molecular formula is C25H29N3O5S2. The summed E-state index contributed by atoms with van der Waals surface area (Å²) < 4.78 is 12.3. The smallest absolute Gasteiger partial charge is 0.341 e. The van der Waals surface area contributed by atoms with Gasteiger partial charge in [-0.1, -0.05) is 23.9 Å². The zero-order valence-corrected chi connectivity index (χ0v) is 21.6. The van der Waals surface area contributed by atoms with Gasteiger partial charge in [-0.2, -0.15) is 0 Å². The van der Waals surface area contributed by atoms with Gasteiger partial charge in [0.05, 0.1) is 28.8 Å². The lowest BCUT2D eigenvalue weighted by Crippen LogP contribution is -2.25. The molecule has 0 saturated carbocycles. The second-order valence-electron chi connectivity index (χ2n) is 8.04. The van der Waals surface area contributed by atoms with E-state index < -0.39 is 5.97 Å². The highest BCUT2D eigenvalue weighted by Crippen LogP contribution is 2.39. The zero-order chi connectivity index (χ0) is 24.8. The van der Waals surface area contributed by atoms with E-state index in [1.165, 1.54) is 23.1 Å². The second-order valence-corrected chi connectivity index (χ2v) is 10.1. The minimum absolute atomic E-state index is 0.0566. The number of thiophene rings is 1. The molecule has 10 heteroatoms. The van der Waals surface area contributed by atoms with E-state index in [2.05, 4.69) is 10.3 Å². The number of amides is 1. The van der Waals surface area contributed by atoms with E-state index in [0.29, 0.717) is 52.8 Å². The number of benzene rings is 1. The summed E-state index contributed by atoms with van der Waals surface area (Å²) in [6.45, 7) is 5.59. The van der Waals surface area contributed by atoms with Crippen molar-refractivity contribution in [2.24, 2.45) is 0 Å². The van der Waals surface area contributed by atoms with Crippen LogP contribution in [0.2, 0.25) is 0 Å². The molecule has 35 heavy (non-hydrogen) atoms. The van der Waals surface area contributed by atoms with Crippen molar-refractivity contribution in [3.05, 3.63) is 50.6 Å². The average Bonchev–Trinajstić information content (AvgIpc) is 3.43. The summed E-state index contributed by atoms with van der Waals surface area (Å²) in [7, 11) is 0. The van der Waals surface area contributed by atoms with Crippen molar-refractivity contribution >= 4 is 50.9 Å². The number of aryl methyl sites for hydroxylation is 1. The van der Waals surface area contributed by atoms with Crippen molar-refractivity contribution in [2.75, 3.05) is 30.9 Å². The largest absolute Gasteiger partial charge is 0.462 e. The first-order valence-electron chi connectivity index (χ1n) is 11.8. The minimum atomic E-state index is -0.394. The molecule has 186 valence electrons. The third kappa shape index (κ3) is 5.76. The number of hydrogen-bond acceptors (Lipinski definition) is 8. The maximum Gasteiger partial charge on any atom is 0.341 e. The lowest BCUT2D eigenvalue weighted by Gasteiger charge is -2.13. The number of carbonyl (C=O) groups excluding carboxylic acids is 2. The van der Waals surface area contributed by atoms with E-state index in [4.69, 9.17) is 9.47 Å². The standard InChI is InChI=1S/C25H29N3O5S2/c1-3-32-14-8-13-28-23(30)16-9-5-6-11-18(16)26-25(28)34-15-20(29)27-22-21(24(31)33-4-2)17-10-7-12-19(17)35-22/h5-6,9,11H,3-4,7-8,10,12-15H2,1-2H3,(H,27,29). The number of rotatable bonds is 11. The fourth-order valence-corrected chi connectivity index (χ4v) is 6.25. The van der Waals surface area contributed by atoms with Gasteiger partial charge >= 0.3 is 5.97 Å². The van der Waals surface area contributed by atoms with Crippen molar-refractivity contribution in [3.63, 3.8) is 0 Å². The number of hydrogen-bond donors (Lipinski definition) is 1. The van der Waals surface area contributed by atoms with Gasteiger partial charge in [0.15, 0.2) is 5.16 Å². The van der Waals surface area contributed by atoms with Gasteiger partial charge in [0.25, 0.3) is 5.56 Å². The van der Waals surface area contributed by atoms with Crippen LogP contribution in [0.1, 0.15) is 47.5 Å². The molecule has 0 bridgehead atoms. The van der Waals surface area contributed by atoms with Gasteiger partial charge in [0, 0.05) is 24.6 Å². The lowest BCUT2D eigenvalue weighted by molar-refractivity contribution is -0.113. The Morgan fingerprint density at radius 3 is 2.83 bits per heavy atom. The summed E-state index contributed by atoms with van der Waals surface area (Å²) in [5.74, 6) is -0.598. The van der Waals surface area contributed by atoms with Crippen LogP contribution in [0.3, 0.4) is 0 Å². The number of carbonyl (C=O) groups is 2. The van der Waals surface area contributed by atoms with Gasteiger partial charge in [-0.05, 0) is 57.2 Å². The maximum atomic E-state index is 13.1. The molecule has 3 aromatic rings. The molecule has 2 aromatic heterocycles. The quantitative estimate of drug-likeness (QED) is 0.176. The number of ether oxygens (including phenoxy) is 2. The van der Waals surface area contributed by atoms with E-state index in [0.717, 1.165) is 29.7 Å². The topological polar surface area (TPSA) is 99.5 Å². The molecular weight excluding hydrogens is 486 g/mol. The van der Waals surface area contributed by atoms with Crippen LogP contribution in [0.25, 0.3) is 10.9 Å². The number of anilines is 1. The fourth-order valence-electron chi connectivity index (χ4n) is 4.13. The SMILES string of the molecule is CCOCCCn1c(SCC(=O)Nc2sc3c(c2C(=O)OCC)CCC3)nc2ccccc2c1=O. The number of nitrogens with one attached hydrogen (secondary N) is 1. The molecule has 1 aliphatic carbocycles. The summed E-state index contributed by atoms with van der Waals surface area (Å²) in [4.78, 5) is 44.4. The molecule has 0 fully saturated rings. The number of esters is 1. The number of thioether (sulfide) groups is 1. The highest BCUT2D eigenvalue weighted by atomic mass is 32.2. The number of nitrogens with zero attached hydrogens (tertiary/aromatic N) is 2. The third-order valence-electron chi connectivity index (χ3n) is 5.69. The fraction of sp³-hybridized carbons (Fsp3) is 0.440. The summed E-state index contributed by atoms with van der Waals surface area (Å²) in [6.07, 6.45) is 3.40. The van der Waals surface area contributed by atoms with Crippen LogP contribution in [0.4, 0.5) is 5.00 Å². The first kappa shape index (κ1) is 25.4. The van der Waals surface area contributed by atoms with Crippen LogP contribution in [-0.2, 0) is 33.7 Å². The van der Waals surface area contributed by atoms with Crippen LogP contribution in [-0.4, -0.2) is 47.0 Å². The Morgan fingerprint density at radius 1 is 1.20 bits per heavy atom. The lowest BCUT2D eigenvalue weighted by atomic mass is 10.1. The van der Waals surface area contributed by atoms with Gasteiger partial charge < -0.3 is 14.8 Å². The van der Waals surface area contributed by atoms with Crippen LogP contribution in [0, 0.1) is 0 Å². The van der Waals surface area contributed by atoms with E-state index in [-0.39, 0.29) is 23.8 Å². The average molecular weight is 516 g/mol. The highest BCUT2D eigenvalue weighted by Gasteiger charge is 2.28. The molecule has 1 N–H and O–H groups in total. The molecule has 1 aromatic carbocycles. The van der Waals surface area contributed by atoms with Crippen LogP contribution in [0.5, 0.6) is 0 Å². The van der Waals surface area contributed by atoms with E-state index >= 15 is 0 Å². The first-order chi connectivity index (χ1) is 17.0. The first-order valence-corrected chi connectivity index (χ1v) is 13.6. The maximum absolute atomic E-state index is 13.1. The number of fused-ring (bicyclic) bond motifs is 2. The van der Waals surface area contributed by atoms with Gasteiger partial charge in [-0.25, -0.2) is 9.78 Å². The Kier molecular flexibility index (Phi) is 8.59. The van der Waals surface area contributed by atoms with E-state index in [1.54, 1.807) is 23.6 Å². The predicted octanol–water partition coefficient (Wildman–Crippen LogP) is 4.28. The summed E-state index contributed by atoms with van der Waals surface area (Å²) in [5.41, 5.74) is 1.95. The van der Waals surface area contributed by atoms with Crippen LogP contribution in [0.15, 0.2) is 34.2 Å². The van der Waals surface area contributed by atoms with Crippen molar-refractivity contribution in [1.29, 1.82) is 0 Å². The molecule has 0 unspecified atom stereocenters. The summed E-state index contributed by atoms with van der Waals surface area (Å²) in [6, 6.07) is 7.21. The molecule has 4 rings (SSSR count). The number of para-hydroxylation sites is 1. The molecule has 0 atom stereocenters. The van der Waals surface area contributed by atoms with Crippen molar-refractivity contribution in [3.8, 4) is 0 Å². The van der Waals surface area contributed by atoms with Crippen LogP contribution >= 0.6 is 23.1 Å². The van der Waals surface area contributed by atoms with Gasteiger partial charge in [0.1, 0.15) is 5.00 Å². The molecule has 0 spiro atoms. The Morgan fingerprint density at radius 2 is 2.03 bits per heavy atom. The monoisotopic (exact) mass is 515 g/mol. The molecule has 0 saturated heterocycles. The number of aromatic nitrogens is 2. The molecule has 1 aliphatic rings. The molecule has 0 radical (unpaired) electrons. The predicted molar refractivity (Wildman–Crippen MR) is 139 cm³/mol. The summed E-state index contributed by atoms with van der Waals surface area (Å²) >= 11 is 2.66. The Bertz CT molecular complexity index is 1280. The highest BCUT2D eigenvalue weighted by molar-refractivity contribution is 7.99. The van der Waals surface area contributed by atoms with Crippen LogP contribution < -0.4 is 10.9 Å². The Balaban J connectivity index is 1.52. The molecule has 1 amide bonds. The second kappa shape index (κ2) is 11.8. The van der Waals surface area contributed by atoms with Gasteiger partial charge in [0.2, 0.25) is 5.91 Å². The Labute approximate surface area is 212 Å². The minimum Gasteiger partial charge on any atom is -0.462 e. The normalized spacial score (nSPS) is 12.6. The zero-order valence-electron chi connectivity index (χ0n) is 19.9. The van der Waals surface area contributed by atoms with Crippen molar-refractivity contribution in [2.45, 2.75) is 51.2 Å². The van der Waals surface area contributed by atoms with Gasteiger partial charge in [-0.15, -0.1) is 11.3 Å². The molecule has 2 heterocycles. The van der Waals surface area contributed by atoms with Gasteiger partial charge in [-0.3, -0.25) is 14.2 Å². The summed E-state index contributed by atoms with van der Waals surface area (Å²) in [5, 5.41) is 4.48. The van der Waals surface area contributed by atoms with E-state index in [9.17, 15) is 14.4 Å². The van der Waals surface area contributed by atoms with Crippen molar-refractivity contribution < 1.29 is 19.1 Å². The Hall–Kier alpha value is -2.69. The third-order valence-corrected chi connectivity index (χ3v) is 7.87. The van der Waals surface area contributed by atoms with Crippen molar-refractivity contribution in [1.82, 2.24) is 9.55 Å². The molecule has 0 aliphatic heterocycles. The van der Waals surface area contributed by atoms with E-state index in [1.807, 2.05) is 19.1 Å². The molecule has 8 nitrogen and oxygen atoms in total.